The Morgan fingerprint density at radius 2 is 1.84 bits per heavy atom. The topological polar surface area (TPSA) is 92.4 Å². The molecular weight excluding hydrogens is 271 g/mol. The van der Waals surface area contributed by atoms with Crippen LogP contribution in [-0.2, 0) is 10.0 Å². The van der Waals surface area contributed by atoms with Gasteiger partial charge in [0.15, 0.2) is 0 Å². The van der Waals surface area contributed by atoms with E-state index in [2.05, 4.69) is 4.72 Å². The predicted octanol–water partition coefficient (Wildman–Crippen LogP) is 1.24. The minimum Gasteiger partial charge on any atom is -0.399 e. The lowest BCUT2D eigenvalue weighted by Crippen LogP contribution is -2.25. The Morgan fingerprint density at radius 3 is 2.47 bits per heavy atom. The number of nitrogen functional groups attached to an aromatic ring is 1. The van der Waals surface area contributed by atoms with Gasteiger partial charge >= 0.3 is 0 Å². The highest BCUT2D eigenvalue weighted by atomic mass is 32.2. The van der Waals surface area contributed by atoms with Crippen LogP contribution in [0.4, 0.5) is 10.1 Å². The molecule has 0 bridgehead atoms. The van der Waals surface area contributed by atoms with Crippen molar-refractivity contribution < 1.29 is 17.9 Å². The first-order valence-electron chi connectivity index (χ1n) is 6.12. The molecule has 0 fully saturated rings. The molecule has 0 spiro atoms. The summed E-state index contributed by atoms with van der Waals surface area (Å²) in [6, 6.07) is 3.22. The Labute approximate surface area is 112 Å². The lowest BCUT2D eigenvalue weighted by Gasteiger charge is -2.07. The van der Waals surface area contributed by atoms with E-state index in [4.69, 9.17) is 10.8 Å². The first-order chi connectivity index (χ1) is 8.95. The molecule has 1 aromatic rings. The number of nitrogens with two attached hydrogens (primary N) is 1. The third kappa shape index (κ3) is 5.54. The summed E-state index contributed by atoms with van der Waals surface area (Å²) in [5.74, 6) is -0.677. The molecule has 1 aromatic carbocycles. The Balaban J connectivity index is 2.51. The molecule has 0 aliphatic heterocycles. The van der Waals surface area contributed by atoms with Gasteiger partial charge in [-0.05, 0) is 31.0 Å². The molecule has 4 N–H and O–H groups in total. The minimum atomic E-state index is -3.72. The summed E-state index contributed by atoms with van der Waals surface area (Å²) in [7, 11) is -3.72. The van der Waals surface area contributed by atoms with Crippen molar-refractivity contribution in [1.29, 1.82) is 0 Å². The van der Waals surface area contributed by atoms with Crippen LogP contribution in [0.15, 0.2) is 23.1 Å². The largest absolute Gasteiger partial charge is 0.399 e. The summed E-state index contributed by atoms with van der Waals surface area (Å²) in [5.41, 5.74) is 5.48. The predicted molar refractivity (Wildman–Crippen MR) is 71.6 cm³/mol. The van der Waals surface area contributed by atoms with Gasteiger partial charge in [-0.2, -0.15) is 0 Å². The van der Waals surface area contributed by atoms with Crippen LogP contribution in [0.1, 0.15) is 25.7 Å². The lowest BCUT2D eigenvalue weighted by atomic mass is 10.2. The Kier molecular flexibility index (Phi) is 6.20. The van der Waals surface area contributed by atoms with Crippen molar-refractivity contribution in [1.82, 2.24) is 4.72 Å². The zero-order chi connectivity index (χ0) is 14.3. The van der Waals surface area contributed by atoms with Crippen LogP contribution < -0.4 is 10.5 Å². The third-order valence-electron chi connectivity index (χ3n) is 2.58. The van der Waals surface area contributed by atoms with Crippen LogP contribution in [0.25, 0.3) is 0 Å². The number of halogens is 1. The highest BCUT2D eigenvalue weighted by Gasteiger charge is 2.14. The fourth-order valence-corrected chi connectivity index (χ4v) is 2.76. The van der Waals surface area contributed by atoms with E-state index in [0.717, 1.165) is 25.0 Å². The second-order valence-electron chi connectivity index (χ2n) is 4.26. The highest BCUT2D eigenvalue weighted by Crippen LogP contribution is 2.15. The standard InChI is InChI=1S/C12H19FN2O3S/c13-10-7-11(14)9-12(8-10)19(17,18)15-5-3-1-2-4-6-16/h7-9,15-16H,1-6,14H2. The monoisotopic (exact) mass is 290 g/mol. The summed E-state index contributed by atoms with van der Waals surface area (Å²) in [5, 5.41) is 8.59. The van der Waals surface area contributed by atoms with Gasteiger partial charge in [-0.25, -0.2) is 17.5 Å². The molecule has 0 amide bonds. The molecule has 0 unspecified atom stereocenters. The molecule has 0 aromatic heterocycles. The fourth-order valence-electron chi connectivity index (χ4n) is 1.62. The quantitative estimate of drug-likeness (QED) is 0.496. The average molecular weight is 290 g/mol. The number of aliphatic hydroxyl groups is 1. The van der Waals surface area contributed by atoms with E-state index in [1.807, 2.05) is 0 Å². The second-order valence-corrected chi connectivity index (χ2v) is 6.02. The van der Waals surface area contributed by atoms with Crippen molar-refractivity contribution in [3.05, 3.63) is 24.0 Å². The van der Waals surface area contributed by atoms with Crippen molar-refractivity contribution in [2.45, 2.75) is 30.6 Å². The van der Waals surface area contributed by atoms with Crippen LogP contribution in [-0.4, -0.2) is 26.7 Å². The summed E-state index contributed by atoms with van der Waals surface area (Å²) >= 11 is 0. The highest BCUT2D eigenvalue weighted by molar-refractivity contribution is 7.89. The maximum absolute atomic E-state index is 13.1. The van der Waals surface area contributed by atoms with E-state index < -0.39 is 15.8 Å². The molecule has 108 valence electrons. The van der Waals surface area contributed by atoms with Crippen molar-refractivity contribution in [2.75, 3.05) is 18.9 Å². The maximum atomic E-state index is 13.1. The van der Waals surface area contributed by atoms with Gasteiger partial charge in [0.1, 0.15) is 5.82 Å². The number of hydrogen-bond acceptors (Lipinski definition) is 4. The summed E-state index contributed by atoms with van der Waals surface area (Å²) in [6.45, 7) is 0.429. The SMILES string of the molecule is Nc1cc(F)cc(S(=O)(=O)NCCCCCCO)c1. The molecule has 7 heteroatoms. The number of benzene rings is 1. The molecule has 0 aliphatic rings. The van der Waals surface area contributed by atoms with E-state index in [0.29, 0.717) is 12.8 Å². The first-order valence-corrected chi connectivity index (χ1v) is 7.60. The lowest BCUT2D eigenvalue weighted by molar-refractivity contribution is 0.282. The van der Waals surface area contributed by atoms with Gasteiger partial charge in [0.2, 0.25) is 10.0 Å². The van der Waals surface area contributed by atoms with E-state index >= 15 is 0 Å². The number of anilines is 1. The van der Waals surface area contributed by atoms with Gasteiger partial charge in [-0.15, -0.1) is 0 Å². The van der Waals surface area contributed by atoms with Crippen molar-refractivity contribution >= 4 is 15.7 Å². The number of aliphatic hydroxyl groups excluding tert-OH is 1. The smallest absolute Gasteiger partial charge is 0.240 e. The van der Waals surface area contributed by atoms with Crippen molar-refractivity contribution in [3.8, 4) is 0 Å². The van der Waals surface area contributed by atoms with Crippen LogP contribution in [0.2, 0.25) is 0 Å². The molecule has 5 nitrogen and oxygen atoms in total. The molecular formula is C12H19FN2O3S. The number of rotatable bonds is 8. The van der Waals surface area contributed by atoms with Gasteiger partial charge in [-0.3, -0.25) is 0 Å². The molecule has 19 heavy (non-hydrogen) atoms. The van der Waals surface area contributed by atoms with E-state index in [1.165, 1.54) is 6.07 Å². The molecule has 0 heterocycles. The number of sulfonamides is 1. The Bertz CT molecular complexity index is 485. The Morgan fingerprint density at radius 1 is 1.16 bits per heavy atom. The van der Waals surface area contributed by atoms with Crippen molar-refractivity contribution in [2.24, 2.45) is 0 Å². The number of hydrogen-bond donors (Lipinski definition) is 3. The van der Waals surface area contributed by atoms with Crippen molar-refractivity contribution in [3.63, 3.8) is 0 Å². The fraction of sp³-hybridized carbons (Fsp3) is 0.500. The maximum Gasteiger partial charge on any atom is 0.240 e. The van der Waals surface area contributed by atoms with E-state index in [1.54, 1.807) is 0 Å². The molecule has 0 atom stereocenters. The first kappa shape index (κ1) is 15.9. The summed E-state index contributed by atoms with van der Waals surface area (Å²) < 4.78 is 39.2. The van der Waals surface area contributed by atoms with Crippen LogP contribution in [0.3, 0.4) is 0 Å². The summed E-state index contributed by atoms with van der Waals surface area (Å²) in [6.07, 6.45) is 3.07. The third-order valence-corrected chi connectivity index (χ3v) is 4.02. The van der Waals surface area contributed by atoms with Crippen LogP contribution >= 0.6 is 0 Å². The minimum absolute atomic E-state index is 0.0725. The van der Waals surface area contributed by atoms with Gasteiger partial charge < -0.3 is 10.8 Å². The second kappa shape index (κ2) is 7.42. The van der Waals surface area contributed by atoms with Crippen LogP contribution in [0, 0.1) is 5.82 Å². The van der Waals surface area contributed by atoms with Crippen LogP contribution in [0.5, 0.6) is 0 Å². The number of nitrogens with one attached hydrogen (secondary N) is 1. The van der Waals surface area contributed by atoms with Gasteiger partial charge in [0.05, 0.1) is 4.90 Å². The normalized spacial score (nSPS) is 11.7. The molecule has 0 radical (unpaired) electrons. The van der Waals surface area contributed by atoms with E-state index in [-0.39, 0.29) is 23.7 Å². The average Bonchev–Trinajstić information content (AvgIpc) is 2.32. The molecule has 0 aliphatic carbocycles. The molecule has 0 saturated carbocycles. The van der Waals surface area contributed by atoms with Gasteiger partial charge in [0, 0.05) is 18.8 Å². The number of unbranched alkanes of at least 4 members (excludes halogenated alkanes) is 3. The zero-order valence-corrected chi connectivity index (χ0v) is 11.4. The van der Waals surface area contributed by atoms with Gasteiger partial charge in [0.25, 0.3) is 0 Å². The molecule has 1 rings (SSSR count). The summed E-state index contributed by atoms with van der Waals surface area (Å²) in [4.78, 5) is -0.166. The van der Waals surface area contributed by atoms with Gasteiger partial charge in [-0.1, -0.05) is 12.8 Å². The zero-order valence-electron chi connectivity index (χ0n) is 10.6. The molecule has 0 saturated heterocycles. The Hall–Kier alpha value is -1.18. The van der Waals surface area contributed by atoms with E-state index in [9.17, 15) is 12.8 Å².